The minimum atomic E-state index is 0.214. The minimum Gasteiger partial charge on any atom is -0.508 e. The predicted molar refractivity (Wildman–Crippen MR) is 72.5 cm³/mol. The molecule has 1 N–H and O–H groups in total. The predicted octanol–water partition coefficient (Wildman–Crippen LogP) is 3.51. The summed E-state index contributed by atoms with van der Waals surface area (Å²) in [5.74, 6) is 1.72. The normalized spacial score (nSPS) is 11.0. The molecule has 0 aromatic heterocycles. The van der Waals surface area contributed by atoms with Crippen molar-refractivity contribution in [2.45, 2.75) is 6.92 Å². The second kappa shape index (κ2) is 5.45. The number of phenolic OH excluding ortho intramolecular Hbond substituents is 1. The molecule has 0 aliphatic rings. The lowest BCUT2D eigenvalue weighted by molar-refractivity contribution is 0.365. The Balaban J connectivity index is 2.50. The Kier molecular flexibility index (Phi) is 3.72. The first-order valence-electron chi connectivity index (χ1n) is 5.80. The first-order valence-corrected chi connectivity index (χ1v) is 5.80. The molecule has 0 bridgehead atoms. The summed E-state index contributed by atoms with van der Waals surface area (Å²) in [6, 6.07) is 8.87. The van der Waals surface area contributed by atoms with Gasteiger partial charge in [-0.2, -0.15) is 0 Å². The maximum absolute atomic E-state index is 9.58. The molecule has 0 aliphatic heterocycles. The molecule has 0 amide bonds. The smallest absolute Gasteiger partial charge is 0.128 e. The number of benzene rings is 2. The van der Waals surface area contributed by atoms with Crippen LogP contribution in [-0.4, -0.2) is 18.8 Å². The summed E-state index contributed by atoms with van der Waals surface area (Å²) in [6.07, 6.45) is 3.86. The average Bonchev–Trinajstić information content (AvgIpc) is 2.39. The molecule has 2 aromatic rings. The van der Waals surface area contributed by atoms with Crippen LogP contribution in [0.1, 0.15) is 6.92 Å². The fourth-order valence-corrected chi connectivity index (χ4v) is 1.82. The lowest BCUT2D eigenvalue weighted by Gasteiger charge is -2.11. The third-order valence-corrected chi connectivity index (χ3v) is 2.71. The Morgan fingerprint density at radius 3 is 2.61 bits per heavy atom. The largest absolute Gasteiger partial charge is 0.508 e. The van der Waals surface area contributed by atoms with E-state index in [9.17, 15) is 5.11 Å². The summed E-state index contributed by atoms with van der Waals surface area (Å²) >= 11 is 0. The van der Waals surface area contributed by atoms with Gasteiger partial charge < -0.3 is 14.6 Å². The number of ether oxygens (including phenoxy) is 2. The van der Waals surface area contributed by atoms with E-state index in [0.29, 0.717) is 6.61 Å². The number of allylic oxidation sites excluding steroid dienone is 1. The molecule has 0 fully saturated rings. The monoisotopic (exact) mass is 244 g/mol. The number of fused-ring (bicyclic) bond motifs is 1. The Morgan fingerprint density at radius 2 is 1.89 bits per heavy atom. The van der Waals surface area contributed by atoms with Gasteiger partial charge in [-0.15, -0.1) is 0 Å². The number of aromatic hydroxyl groups is 1. The number of hydrogen-bond acceptors (Lipinski definition) is 3. The molecule has 3 nitrogen and oxygen atoms in total. The molecule has 0 saturated heterocycles. The van der Waals surface area contributed by atoms with Gasteiger partial charge in [-0.3, -0.25) is 0 Å². The van der Waals surface area contributed by atoms with Gasteiger partial charge in [-0.25, -0.2) is 0 Å². The van der Waals surface area contributed by atoms with Crippen LogP contribution in [0.15, 0.2) is 42.5 Å². The second-order valence-electron chi connectivity index (χ2n) is 3.88. The van der Waals surface area contributed by atoms with Crippen LogP contribution in [0.5, 0.6) is 17.2 Å². The van der Waals surface area contributed by atoms with Gasteiger partial charge in [0.05, 0.1) is 7.11 Å². The lowest BCUT2D eigenvalue weighted by Crippen LogP contribution is -1.95. The van der Waals surface area contributed by atoms with Crippen LogP contribution in [0.4, 0.5) is 0 Å². The van der Waals surface area contributed by atoms with Crippen molar-refractivity contribution in [1.82, 2.24) is 0 Å². The molecule has 0 saturated carbocycles. The fraction of sp³-hybridized carbons (Fsp3) is 0.200. The summed E-state index contributed by atoms with van der Waals surface area (Å²) in [4.78, 5) is 0. The SMILES string of the molecule is C/C=C/COc1ccc(OC)c2ccc(O)cc12. The van der Waals surface area contributed by atoms with Crippen LogP contribution in [-0.2, 0) is 0 Å². The molecule has 94 valence electrons. The third kappa shape index (κ3) is 2.40. The van der Waals surface area contributed by atoms with E-state index >= 15 is 0 Å². The number of methoxy groups -OCH3 is 1. The third-order valence-electron chi connectivity index (χ3n) is 2.71. The van der Waals surface area contributed by atoms with Crippen molar-refractivity contribution in [3.05, 3.63) is 42.5 Å². The zero-order valence-electron chi connectivity index (χ0n) is 10.5. The van der Waals surface area contributed by atoms with Crippen LogP contribution in [0.25, 0.3) is 10.8 Å². The second-order valence-corrected chi connectivity index (χ2v) is 3.88. The minimum absolute atomic E-state index is 0.214. The molecule has 0 atom stereocenters. The molecule has 0 aliphatic carbocycles. The molecule has 0 spiro atoms. The number of hydrogen-bond donors (Lipinski definition) is 1. The van der Waals surface area contributed by atoms with Gasteiger partial charge in [0.1, 0.15) is 23.9 Å². The van der Waals surface area contributed by atoms with E-state index in [1.807, 2.05) is 37.3 Å². The summed E-state index contributed by atoms with van der Waals surface area (Å²) in [7, 11) is 1.63. The van der Waals surface area contributed by atoms with Gasteiger partial charge in [0.15, 0.2) is 0 Å². The van der Waals surface area contributed by atoms with Gasteiger partial charge in [0.2, 0.25) is 0 Å². The quantitative estimate of drug-likeness (QED) is 0.836. The van der Waals surface area contributed by atoms with Crippen molar-refractivity contribution in [3.63, 3.8) is 0 Å². The maximum Gasteiger partial charge on any atom is 0.128 e. The summed E-state index contributed by atoms with van der Waals surface area (Å²) in [5.41, 5.74) is 0. The highest BCUT2D eigenvalue weighted by Gasteiger charge is 2.08. The number of phenols is 1. The molecular formula is C15H16O3. The van der Waals surface area contributed by atoms with Crippen LogP contribution in [0.2, 0.25) is 0 Å². The molecule has 3 heteroatoms. The Labute approximate surface area is 106 Å². The van der Waals surface area contributed by atoms with Crippen LogP contribution in [0.3, 0.4) is 0 Å². The van der Waals surface area contributed by atoms with Crippen molar-refractivity contribution >= 4 is 10.8 Å². The highest BCUT2D eigenvalue weighted by atomic mass is 16.5. The van der Waals surface area contributed by atoms with Crippen molar-refractivity contribution in [1.29, 1.82) is 0 Å². The highest BCUT2D eigenvalue weighted by Crippen LogP contribution is 2.35. The Morgan fingerprint density at radius 1 is 1.11 bits per heavy atom. The van der Waals surface area contributed by atoms with Gasteiger partial charge in [-0.05, 0) is 37.3 Å². The van der Waals surface area contributed by atoms with Crippen molar-refractivity contribution < 1.29 is 14.6 Å². The molecule has 18 heavy (non-hydrogen) atoms. The molecule has 0 unspecified atom stereocenters. The lowest BCUT2D eigenvalue weighted by atomic mass is 10.1. The first kappa shape index (κ1) is 12.3. The van der Waals surface area contributed by atoms with Crippen LogP contribution < -0.4 is 9.47 Å². The van der Waals surface area contributed by atoms with Gasteiger partial charge >= 0.3 is 0 Å². The standard InChI is InChI=1S/C15H16O3/c1-3-4-9-18-15-8-7-14(17-2)12-6-5-11(16)10-13(12)15/h3-8,10,16H,9H2,1-2H3/b4-3+. The van der Waals surface area contributed by atoms with E-state index in [0.717, 1.165) is 22.3 Å². The van der Waals surface area contributed by atoms with Crippen molar-refractivity contribution in [2.24, 2.45) is 0 Å². The van der Waals surface area contributed by atoms with E-state index < -0.39 is 0 Å². The Bertz CT molecular complexity index is 573. The van der Waals surface area contributed by atoms with E-state index in [1.54, 1.807) is 19.2 Å². The highest BCUT2D eigenvalue weighted by molar-refractivity contribution is 5.94. The molecule has 2 rings (SSSR count). The van der Waals surface area contributed by atoms with Crippen LogP contribution in [0, 0.1) is 0 Å². The maximum atomic E-state index is 9.58. The van der Waals surface area contributed by atoms with Gasteiger partial charge in [-0.1, -0.05) is 12.2 Å². The molecule has 0 radical (unpaired) electrons. The summed E-state index contributed by atoms with van der Waals surface area (Å²) in [6.45, 7) is 2.45. The topological polar surface area (TPSA) is 38.7 Å². The van der Waals surface area contributed by atoms with E-state index in [1.165, 1.54) is 0 Å². The van der Waals surface area contributed by atoms with Crippen molar-refractivity contribution in [3.8, 4) is 17.2 Å². The van der Waals surface area contributed by atoms with E-state index in [4.69, 9.17) is 9.47 Å². The zero-order valence-corrected chi connectivity index (χ0v) is 10.5. The number of rotatable bonds is 4. The summed E-state index contributed by atoms with van der Waals surface area (Å²) in [5, 5.41) is 11.4. The summed E-state index contributed by atoms with van der Waals surface area (Å²) < 4.78 is 11.0. The Hall–Kier alpha value is -2.16. The zero-order chi connectivity index (χ0) is 13.0. The molecule has 2 aromatic carbocycles. The first-order chi connectivity index (χ1) is 8.76. The average molecular weight is 244 g/mol. The van der Waals surface area contributed by atoms with Crippen molar-refractivity contribution in [2.75, 3.05) is 13.7 Å². The van der Waals surface area contributed by atoms with E-state index in [-0.39, 0.29) is 5.75 Å². The van der Waals surface area contributed by atoms with Gasteiger partial charge in [0, 0.05) is 10.8 Å². The van der Waals surface area contributed by atoms with Crippen LogP contribution >= 0.6 is 0 Å². The van der Waals surface area contributed by atoms with Gasteiger partial charge in [0.25, 0.3) is 0 Å². The van der Waals surface area contributed by atoms with E-state index in [2.05, 4.69) is 0 Å². The molecular weight excluding hydrogens is 228 g/mol. The molecule has 0 heterocycles. The fourth-order valence-electron chi connectivity index (χ4n) is 1.82.